The van der Waals surface area contributed by atoms with Crippen LogP contribution in [0.1, 0.15) is 50.6 Å². The molecule has 1 aromatic rings. The Labute approximate surface area is 140 Å². The summed E-state index contributed by atoms with van der Waals surface area (Å²) in [6.07, 6.45) is 4.84. The van der Waals surface area contributed by atoms with E-state index in [1.54, 1.807) is 25.1 Å². The smallest absolute Gasteiger partial charge is 0.338 e. The van der Waals surface area contributed by atoms with Crippen molar-refractivity contribution in [2.24, 2.45) is 0 Å². The molecule has 2 amide bonds. The van der Waals surface area contributed by atoms with Gasteiger partial charge in [0.15, 0.2) is 0 Å². The van der Waals surface area contributed by atoms with Gasteiger partial charge in [-0.3, -0.25) is 0 Å². The molecule has 2 aliphatic rings. The van der Waals surface area contributed by atoms with Gasteiger partial charge in [0.25, 0.3) is 0 Å². The zero-order valence-electron chi connectivity index (χ0n) is 13.6. The molecule has 1 atom stereocenters. The number of esters is 1. The van der Waals surface area contributed by atoms with Crippen molar-refractivity contribution in [3.8, 4) is 0 Å². The molecular formula is C18H21FN2O3. The third kappa shape index (κ3) is 3.42. The van der Waals surface area contributed by atoms with E-state index in [0.717, 1.165) is 32.1 Å². The highest BCUT2D eigenvalue weighted by molar-refractivity contribution is 5.95. The van der Waals surface area contributed by atoms with Crippen LogP contribution in [0.25, 0.3) is 0 Å². The van der Waals surface area contributed by atoms with E-state index in [1.165, 1.54) is 6.07 Å². The van der Waals surface area contributed by atoms with Gasteiger partial charge < -0.3 is 15.4 Å². The topological polar surface area (TPSA) is 67.4 Å². The molecule has 1 heterocycles. The second-order valence-corrected chi connectivity index (χ2v) is 6.26. The molecule has 1 aromatic carbocycles. The highest BCUT2D eigenvalue weighted by Crippen LogP contribution is 2.30. The van der Waals surface area contributed by atoms with Crippen LogP contribution in [0.4, 0.5) is 9.18 Å². The number of carbonyl (C=O) groups excluding carboxylic acids is 2. The van der Waals surface area contributed by atoms with E-state index < -0.39 is 23.9 Å². The monoisotopic (exact) mass is 332 g/mol. The fourth-order valence-electron chi connectivity index (χ4n) is 3.30. The van der Waals surface area contributed by atoms with Crippen LogP contribution >= 0.6 is 0 Å². The molecule has 1 aliphatic carbocycles. The molecule has 2 N–H and O–H groups in total. The summed E-state index contributed by atoms with van der Waals surface area (Å²) in [5.74, 6) is -0.972. The van der Waals surface area contributed by atoms with Crippen LogP contribution in [0, 0.1) is 5.82 Å². The number of ether oxygens (including phenoxy) is 1. The van der Waals surface area contributed by atoms with Crippen molar-refractivity contribution >= 4 is 12.0 Å². The van der Waals surface area contributed by atoms with Crippen molar-refractivity contribution in [1.29, 1.82) is 0 Å². The van der Waals surface area contributed by atoms with E-state index in [0.29, 0.717) is 5.70 Å². The van der Waals surface area contributed by atoms with Crippen LogP contribution < -0.4 is 10.6 Å². The summed E-state index contributed by atoms with van der Waals surface area (Å²) in [5, 5.41) is 5.20. The van der Waals surface area contributed by atoms with Crippen LogP contribution in [-0.4, -0.2) is 18.1 Å². The van der Waals surface area contributed by atoms with Crippen molar-refractivity contribution in [2.75, 3.05) is 0 Å². The minimum Gasteiger partial charge on any atom is -0.459 e. The quantitative estimate of drug-likeness (QED) is 0.834. The highest BCUT2D eigenvalue weighted by Gasteiger charge is 2.34. The fourth-order valence-corrected chi connectivity index (χ4v) is 3.30. The zero-order valence-corrected chi connectivity index (χ0v) is 13.6. The Morgan fingerprint density at radius 1 is 1.21 bits per heavy atom. The summed E-state index contributed by atoms with van der Waals surface area (Å²) < 4.78 is 19.8. The number of nitrogens with one attached hydrogen (secondary N) is 2. The first kappa shape index (κ1) is 16.5. The normalized spacial score (nSPS) is 21.9. The molecule has 0 unspecified atom stereocenters. The maximum absolute atomic E-state index is 14.2. The van der Waals surface area contributed by atoms with Crippen LogP contribution in [0.15, 0.2) is 35.5 Å². The predicted octanol–water partition coefficient (Wildman–Crippen LogP) is 3.33. The first-order valence-corrected chi connectivity index (χ1v) is 8.30. The Kier molecular flexibility index (Phi) is 4.83. The SMILES string of the molecule is CC1=C(C(=O)OC2CCCCC2)[C@H](c2ccccc2F)NC(=O)N1. The number of urea groups is 1. The second-order valence-electron chi connectivity index (χ2n) is 6.26. The van der Waals surface area contributed by atoms with Gasteiger partial charge in [0.2, 0.25) is 0 Å². The molecule has 1 saturated carbocycles. The lowest BCUT2D eigenvalue weighted by Gasteiger charge is -2.30. The minimum atomic E-state index is -0.851. The maximum Gasteiger partial charge on any atom is 0.338 e. The Morgan fingerprint density at radius 3 is 2.62 bits per heavy atom. The molecule has 6 heteroatoms. The van der Waals surface area contributed by atoms with Gasteiger partial charge in [0.1, 0.15) is 11.9 Å². The number of halogens is 1. The van der Waals surface area contributed by atoms with Crippen LogP contribution in [0.5, 0.6) is 0 Å². The number of hydrogen-bond donors (Lipinski definition) is 2. The summed E-state index contributed by atoms with van der Waals surface area (Å²) in [6.45, 7) is 1.63. The van der Waals surface area contributed by atoms with Gasteiger partial charge in [-0.05, 0) is 38.7 Å². The second kappa shape index (κ2) is 7.03. The largest absolute Gasteiger partial charge is 0.459 e. The number of hydrogen-bond acceptors (Lipinski definition) is 3. The average Bonchev–Trinajstić information content (AvgIpc) is 2.55. The van der Waals surface area contributed by atoms with Crippen LogP contribution in [-0.2, 0) is 9.53 Å². The van der Waals surface area contributed by atoms with Gasteiger partial charge in [-0.25, -0.2) is 14.0 Å². The molecular weight excluding hydrogens is 311 g/mol. The van der Waals surface area contributed by atoms with E-state index in [9.17, 15) is 14.0 Å². The van der Waals surface area contributed by atoms with Crippen LogP contribution in [0.3, 0.4) is 0 Å². The number of carbonyl (C=O) groups is 2. The molecule has 3 rings (SSSR count). The van der Waals surface area contributed by atoms with Gasteiger partial charge in [-0.2, -0.15) is 0 Å². The first-order chi connectivity index (χ1) is 11.6. The molecule has 1 aliphatic heterocycles. The van der Waals surface area contributed by atoms with Crippen molar-refractivity contribution in [1.82, 2.24) is 10.6 Å². The molecule has 0 spiro atoms. The average molecular weight is 332 g/mol. The Bertz CT molecular complexity index is 681. The number of allylic oxidation sites excluding steroid dienone is 1. The molecule has 128 valence electrons. The molecule has 24 heavy (non-hydrogen) atoms. The Morgan fingerprint density at radius 2 is 1.92 bits per heavy atom. The lowest BCUT2D eigenvalue weighted by atomic mass is 9.94. The zero-order chi connectivity index (χ0) is 17.1. The van der Waals surface area contributed by atoms with E-state index in [2.05, 4.69) is 10.6 Å². The van der Waals surface area contributed by atoms with Crippen LogP contribution in [0.2, 0.25) is 0 Å². The standard InChI is InChI=1S/C18H21FN2O3/c1-11-15(17(22)24-12-7-3-2-4-8-12)16(21-18(23)20-11)13-9-5-6-10-14(13)19/h5-6,9-10,12,16H,2-4,7-8H2,1H3,(H2,20,21,23)/t16-/m0/s1. The number of benzene rings is 1. The van der Waals surface area contributed by atoms with Gasteiger partial charge in [-0.15, -0.1) is 0 Å². The third-order valence-corrected chi connectivity index (χ3v) is 4.53. The molecule has 1 fully saturated rings. The van der Waals surface area contributed by atoms with E-state index in [-0.39, 0.29) is 17.2 Å². The lowest BCUT2D eigenvalue weighted by Crippen LogP contribution is -2.46. The summed E-state index contributed by atoms with van der Waals surface area (Å²) in [5.41, 5.74) is 0.903. The molecule has 5 nitrogen and oxygen atoms in total. The fraction of sp³-hybridized carbons (Fsp3) is 0.444. The van der Waals surface area contributed by atoms with Gasteiger partial charge in [0.05, 0.1) is 11.6 Å². The van der Waals surface area contributed by atoms with Crippen molar-refractivity contribution < 1.29 is 18.7 Å². The summed E-state index contributed by atoms with van der Waals surface area (Å²) >= 11 is 0. The third-order valence-electron chi connectivity index (χ3n) is 4.53. The summed E-state index contributed by atoms with van der Waals surface area (Å²) in [7, 11) is 0. The molecule has 0 radical (unpaired) electrons. The summed E-state index contributed by atoms with van der Waals surface area (Å²) in [6, 6.07) is 4.80. The maximum atomic E-state index is 14.2. The highest BCUT2D eigenvalue weighted by atomic mass is 19.1. The molecule has 0 saturated heterocycles. The van der Waals surface area contributed by atoms with E-state index in [4.69, 9.17) is 4.74 Å². The number of amides is 2. The van der Waals surface area contributed by atoms with Crippen molar-refractivity contribution in [3.63, 3.8) is 0 Å². The lowest BCUT2D eigenvalue weighted by molar-refractivity contribution is -0.146. The summed E-state index contributed by atoms with van der Waals surface area (Å²) in [4.78, 5) is 24.5. The number of rotatable bonds is 3. The Balaban J connectivity index is 1.89. The van der Waals surface area contributed by atoms with E-state index in [1.807, 2.05) is 0 Å². The molecule has 0 aromatic heterocycles. The van der Waals surface area contributed by atoms with Gasteiger partial charge >= 0.3 is 12.0 Å². The van der Waals surface area contributed by atoms with Gasteiger partial charge in [0, 0.05) is 11.3 Å². The van der Waals surface area contributed by atoms with E-state index >= 15 is 0 Å². The predicted molar refractivity (Wildman–Crippen MR) is 86.5 cm³/mol. The van der Waals surface area contributed by atoms with Crippen molar-refractivity contribution in [2.45, 2.75) is 51.2 Å². The molecule has 0 bridgehead atoms. The minimum absolute atomic E-state index is 0.106. The van der Waals surface area contributed by atoms with Gasteiger partial charge in [-0.1, -0.05) is 24.6 Å². The Hall–Kier alpha value is -2.37. The van der Waals surface area contributed by atoms with Crippen molar-refractivity contribution in [3.05, 3.63) is 46.9 Å². The first-order valence-electron chi connectivity index (χ1n) is 8.30.